The van der Waals surface area contributed by atoms with Crippen LogP contribution < -0.4 is 4.74 Å². The lowest BCUT2D eigenvalue weighted by Gasteiger charge is -2.50. The van der Waals surface area contributed by atoms with Crippen LogP contribution in [0.2, 0.25) is 0 Å². The van der Waals surface area contributed by atoms with Gasteiger partial charge in [0, 0.05) is 17.2 Å². The quantitative estimate of drug-likeness (QED) is 0.646. The molecule has 0 aromatic heterocycles. The first-order valence-corrected chi connectivity index (χ1v) is 8.60. The van der Waals surface area contributed by atoms with Gasteiger partial charge in [-0.05, 0) is 35.4 Å². The van der Waals surface area contributed by atoms with Crippen molar-refractivity contribution in [3.63, 3.8) is 0 Å². The van der Waals surface area contributed by atoms with E-state index >= 15 is 0 Å². The summed E-state index contributed by atoms with van der Waals surface area (Å²) in [6.07, 6.45) is 3.30. The van der Waals surface area contributed by atoms with Gasteiger partial charge in [-0.1, -0.05) is 53.7 Å². The number of ether oxygens (including phenoxy) is 1. The van der Waals surface area contributed by atoms with Gasteiger partial charge in [-0.2, -0.15) is 0 Å². The second kappa shape index (κ2) is 5.83. The molecule has 1 aromatic rings. The monoisotopic (exact) mass is 308 g/mol. The van der Waals surface area contributed by atoms with Gasteiger partial charge in [0.1, 0.15) is 11.9 Å². The normalized spacial score (nSPS) is 29.1. The summed E-state index contributed by atoms with van der Waals surface area (Å²) in [6, 6.07) is 6.64. The van der Waals surface area contributed by atoms with Gasteiger partial charge in [0.05, 0.1) is 0 Å². The topological polar surface area (TPSA) is 9.23 Å². The molecule has 0 amide bonds. The molecule has 3 atom stereocenters. The highest BCUT2D eigenvalue weighted by molar-refractivity contribution is 6.21. The predicted octanol–water partition coefficient (Wildman–Crippen LogP) is 5.72. The smallest absolute Gasteiger partial charge is 0.123 e. The Bertz CT molecular complexity index is 503. The molecule has 118 valence electrons. The van der Waals surface area contributed by atoms with Crippen LogP contribution in [-0.4, -0.2) is 11.5 Å². The Morgan fingerprint density at radius 1 is 1.29 bits per heavy atom. The van der Waals surface area contributed by atoms with Gasteiger partial charge < -0.3 is 4.74 Å². The number of halogens is 1. The van der Waals surface area contributed by atoms with E-state index in [1.54, 1.807) is 0 Å². The molecule has 1 saturated carbocycles. The van der Waals surface area contributed by atoms with Crippen molar-refractivity contribution in [3.8, 4) is 5.75 Å². The Balaban J connectivity index is 2.29. The first kappa shape index (κ1) is 16.7. The van der Waals surface area contributed by atoms with Crippen LogP contribution in [0.5, 0.6) is 5.75 Å². The highest BCUT2D eigenvalue weighted by Gasteiger charge is 2.51. The van der Waals surface area contributed by atoms with Crippen LogP contribution in [0.4, 0.5) is 0 Å². The third-order valence-corrected chi connectivity index (χ3v) is 5.84. The fourth-order valence-corrected chi connectivity index (χ4v) is 3.50. The average Bonchev–Trinajstić information content (AvgIpc) is 2.45. The van der Waals surface area contributed by atoms with E-state index in [-0.39, 0.29) is 22.3 Å². The summed E-state index contributed by atoms with van der Waals surface area (Å²) in [5.74, 6) is 1.04. The second-order valence-corrected chi connectivity index (χ2v) is 8.13. The highest BCUT2D eigenvalue weighted by atomic mass is 35.5. The molecule has 0 spiro atoms. The molecule has 0 aliphatic heterocycles. The molecule has 21 heavy (non-hydrogen) atoms. The molecule has 2 rings (SSSR count). The molecule has 3 unspecified atom stereocenters. The molecular formula is C19H29ClO. The van der Waals surface area contributed by atoms with Crippen molar-refractivity contribution < 1.29 is 4.74 Å². The fraction of sp³-hybridized carbons (Fsp3) is 0.684. The number of hydrogen-bond donors (Lipinski definition) is 0. The molecular weight excluding hydrogens is 280 g/mol. The Morgan fingerprint density at radius 3 is 2.43 bits per heavy atom. The Hall–Kier alpha value is -0.690. The third kappa shape index (κ3) is 3.08. The van der Waals surface area contributed by atoms with Gasteiger partial charge in [0.25, 0.3) is 0 Å². The first-order valence-electron chi connectivity index (χ1n) is 8.16. The minimum absolute atomic E-state index is 0.0905. The summed E-state index contributed by atoms with van der Waals surface area (Å²) in [6.45, 7) is 13.4. The van der Waals surface area contributed by atoms with Gasteiger partial charge in [0.15, 0.2) is 0 Å². The van der Waals surface area contributed by atoms with Gasteiger partial charge in [-0.15, -0.1) is 11.6 Å². The maximum atomic E-state index is 6.41. The molecule has 0 bridgehead atoms. The first-order chi connectivity index (χ1) is 9.72. The summed E-state index contributed by atoms with van der Waals surface area (Å²) in [5.41, 5.74) is 2.86. The van der Waals surface area contributed by atoms with Gasteiger partial charge >= 0.3 is 0 Å². The zero-order valence-electron chi connectivity index (χ0n) is 14.3. The largest absolute Gasteiger partial charge is 0.489 e. The van der Waals surface area contributed by atoms with E-state index in [9.17, 15) is 0 Å². The van der Waals surface area contributed by atoms with E-state index in [1.807, 2.05) is 0 Å². The standard InChI is InChI=1S/C19H29ClO/c1-7-13-9-10-15(14(11-13)18(3,4)5)21-17-12-16(20)19(17,6)8-2/h9-11,16-17H,7-8,12H2,1-6H3. The minimum atomic E-state index is 0.0905. The van der Waals surface area contributed by atoms with Crippen molar-refractivity contribution in [1.82, 2.24) is 0 Å². The second-order valence-electron chi connectivity index (χ2n) is 7.60. The number of rotatable bonds is 4. The third-order valence-electron chi connectivity index (χ3n) is 5.16. The summed E-state index contributed by atoms with van der Waals surface area (Å²) in [7, 11) is 0. The molecule has 0 saturated heterocycles. The lowest BCUT2D eigenvalue weighted by Crippen LogP contribution is -2.55. The van der Waals surface area contributed by atoms with E-state index in [0.29, 0.717) is 0 Å². The minimum Gasteiger partial charge on any atom is -0.489 e. The Labute approximate surface area is 135 Å². The number of hydrogen-bond acceptors (Lipinski definition) is 1. The van der Waals surface area contributed by atoms with Crippen LogP contribution in [0.15, 0.2) is 18.2 Å². The predicted molar refractivity (Wildman–Crippen MR) is 91.6 cm³/mol. The maximum Gasteiger partial charge on any atom is 0.123 e. The average molecular weight is 309 g/mol. The molecule has 0 heterocycles. The molecule has 2 heteroatoms. The lowest BCUT2D eigenvalue weighted by atomic mass is 9.65. The van der Waals surface area contributed by atoms with Crippen LogP contribution >= 0.6 is 11.6 Å². The number of alkyl halides is 1. The number of aryl methyl sites for hydroxylation is 1. The summed E-state index contributed by atoms with van der Waals surface area (Å²) >= 11 is 6.41. The van der Waals surface area contributed by atoms with Gasteiger partial charge in [-0.3, -0.25) is 0 Å². The van der Waals surface area contributed by atoms with Gasteiger partial charge in [-0.25, -0.2) is 0 Å². The van der Waals surface area contributed by atoms with E-state index in [4.69, 9.17) is 16.3 Å². The van der Waals surface area contributed by atoms with Crippen molar-refractivity contribution in [2.45, 2.75) is 77.7 Å². The molecule has 1 aliphatic carbocycles. The SMILES string of the molecule is CCc1ccc(OC2CC(Cl)C2(C)CC)c(C(C)(C)C)c1. The van der Waals surface area contributed by atoms with Crippen LogP contribution in [-0.2, 0) is 11.8 Å². The van der Waals surface area contributed by atoms with E-state index < -0.39 is 0 Å². The van der Waals surface area contributed by atoms with Crippen LogP contribution in [0, 0.1) is 5.41 Å². The van der Waals surface area contributed by atoms with Crippen LogP contribution in [0.25, 0.3) is 0 Å². The molecule has 1 nitrogen and oxygen atoms in total. The molecule has 1 aliphatic rings. The molecule has 0 N–H and O–H groups in total. The molecule has 1 aromatic carbocycles. The zero-order chi connectivity index (χ0) is 15.8. The zero-order valence-corrected chi connectivity index (χ0v) is 15.1. The maximum absolute atomic E-state index is 6.41. The van der Waals surface area contributed by atoms with Crippen LogP contribution in [0.3, 0.4) is 0 Å². The lowest BCUT2D eigenvalue weighted by molar-refractivity contribution is -0.0304. The molecule has 0 radical (unpaired) electrons. The van der Waals surface area contributed by atoms with Crippen LogP contribution in [0.1, 0.15) is 65.5 Å². The van der Waals surface area contributed by atoms with E-state index in [0.717, 1.165) is 25.0 Å². The summed E-state index contributed by atoms with van der Waals surface area (Å²) < 4.78 is 6.40. The van der Waals surface area contributed by atoms with E-state index in [2.05, 4.69) is 59.7 Å². The molecule has 1 fully saturated rings. The van der Waals surface area contributed by atoms with Crippen molar-refractivity contribution >= 4 is 11.6 Å². The fourth-order valence-electron chi connectivity index (χ4n) is 3.04. The van der Waals surface area contributed by atoms with Crippen molar-refractivity contribution in [1.29, 1.82) is 0 Å². The van der Waals surface area contributed by atoms with Crippen molar-refractivity contribution in [3.05, 3.63) is 29.3 Å². The Kier molecular flexibility index (Phi) is 4.63. The van der Waals surface area contributed by atoms with Crippen molar-refractivity contribution in [2.24, 2.45) is 5.41 Å². The highest BCUT2D eigenvalue weighted by Crippen LogP contribution is 2.50. The summed E-state index contributed by atoms with van der Waals surface area (Å²) in [5, 5.41) is 0.237. The van der Waals surface area contributed by atoms with E-state index in [1.165, 1.54) is 11.1 Å². The Morgan fingerprint density at radius 2 is 1.95 bits per heavy atom. The summed E-state index contributed by atoms with van der Waals surface area (Å²) in [4.78, 5) is 0. The van der Waals surface area contributed by atoms with Gasteiger partial charge in [0.2, 0.25) is 0 Å². The van der Waals surface area contributed by atoms with Crippen molar-refractivity contribution in [2.75, 3.05) is 0 Å². The number of benzene rings is 1.